The molecular weight excluding hydrogens is 312 g/mol. The third-order valence-corrected chi connectivity index (χ3v) is 3.68. The first-order valence-corrected chi connectivity index (χ1v) is 7.66. The van der Waals surface area contributed by atoms with Gasteiger partial charge in [-0.2, -0.15) is 0 Å². The molecule has 0 spiro atoms. The second-order valence-electron chi connectivity index (χ2n) is 5.16. The number of aryl methyl sites for hydroxylation is 1. The monoisotopic (exact) mass is 332 g/mol. The Bertz CT molecular complexity index is 554. The molecule has 106 valence electrons. The molecule has 3 heteroatoms. The van der Waals surface area contributed by atoms with E-state index in [2.05, 4.69) is 76.5 Å². The number of likely N-dealkylation sites (N-methyl/N-ethyl adjacent to an activating group) is 1. The fraction of sp³-hybridized carbons (Fsp3) is 0.294. The van der Waals surface area contributed by atoms with E-state index < -0.39 is 0 Å². The van der Waals surface area contributed by atoms with E-state index in [1.807, 2.05) is 12.1 Å². The van der Waals surface area contributed by atoms with Gasteiger partial charge in [-0.15, -0.1) is 0 Å². The minimum Gasteiger partial charge on any atom is -0.384 e. The van der Waals surface area contributed by atoms with Gasteiger partial charge in [0.2, 0.25) is 0 Å². The smallest absolute Gasteiger partial charge is 0.0351 e. The van der Waals surface area contributed by atoms with Crippen molar-refractivity contribution in [1.29, 1.82) is 0 Å². The Morgan fingerprint density at radius 1 is 1.10 bits per heavy atom. The molecule has 20 heavy (non-hydrogen) atoms. The molecule has 0 radical (unpaired) electrons. The summed E-state index contributed by atoms with van der Waals surface area (Å²) in [6.45, 7) is 5.08. The summed E-state index contributed by atoms with van der Waals surface area (Å²) in [5.74, 6) is 0. The van der Waals surface area contributed by atoms with Crippen molar-refractivity contribution in [3.63, 3.8) is 0 Å². The number of benzene rings is 2. The third kappa shape index (κ3) is 4.99. The maximum atomic E-state index is 3.48. The Labute approximate surface area is 129 Å². The van der Waals surface area contributed by atoms with E-state index in [1.165, 1.54) is 11.1 Å². The molecule has 0 bridgehead atoms. The average Bonchev–Trinajstić information content (AvgIpc) is 2.38. The summed E-state index contributed by atoms with van der Waals surface area (Å²) in [5.41, 5.74) is 3.85. The summed E-state index contributed by atoms with van der Waals surface area (Å²) >= 11 is 3.48. The Kier molecular flexibility index (Phi) is 5.62. The van der Waals surface area contributed by atoms with Gasteiger partial charge in [-0.25, -0.2) is 0 Å². The molecule has 0 saturated heterocycles. The van der Waals surface area contributed by atoms with Crippen molar-refractivity contribution in [3.8, 4) is 0 Å². The van der Waals surface area contributed by atoms with Crippen molar-refractivity contribution in [2.75, 3.05) is 25.5 Å². The van der Waals surface area contributed by atoms with Crippen LogP contribution in [0.3, 0.4) is 0 Å². The minimum absolute atomic E-state index is 0.943. The topological polar surface area (TPSA) is 15.3 Å². The number of rotatable bonds is 6. The number of hydrogen-bond acceptors (Lipinski definition) is 2. The maximum absolute atomic E-state index is 3.48. The number of hydrogen-bond donors (Lipinski definition) is 1. The predicted octanol–water partition coefficient (Wildman–Crippen LogP) is 4.30. The van der Waals surface area contributed by atoms with Gasteiger partial charge in [-0.05, 0) is 37.7 Å². The summed E-state index contributed by atoms with van der Waals surface area (Å²) in [6, 6.07) is 17.0. The second kappa shape index (κ2) is 7.46. The SMILES string of the molecule is Cc1cccc(CN(C)CCNc2cccc(Br)c2)c1. The Morgan fingerprint density at radius 2 is 1.90 bits per heavy atom. The highest BCUT2D eigenvalue weighted by Crippen LogP contribution is 2.15. The zero-order valence-electron chi connectivity index (χ0n) is 12.1. The van der Waals surface area contributed by atoms with Gasteiger partial charge in [-0.3, -0.25) is 0 Å². The van der Waals surface area contributed by atoms with Crippen LogP contribution in [0.1, 0.15) is 11.1 Å². The Morgan fingerprint density at radius 3 is 2.65 bits per heavy atom. The third-order valence-electron chi connectivity index (χ3n) is 3.18. The van der Waals surface area contributed by atoms with Crippen molar-refractivity contribution in [2.24, 2.45) is 0 Å². The molecule has 0 saturated carbocycles. The van der Waals surface area contributed by atoms with Crippen LogP contribution in [0.4, 0.5) is 5.69 Å². The van der Waals surface area contributed by atoms with Gasteiger partial charge in [0.15, 0.2) is 0 Å². The van der Waals surface area contributed by atoms with E-state index in [0.29, 0.717) is 0 Å². The molecule has 1 N–H and O–H groups in total. The van der Waals surface area contributed by atoms with Crippen LogP contribution in [-0.2, 0) is 6.54 Å². The summed E-state index contributed by atoms with van der Waals surface area (Å²) in [6.07, 6.45) is 0. The lowest BCUT2D eigenvalue weighted by atomic mass is 10.1. The van der Waals surface area contributed by atoms with Crippen molar-refractivity contribution in [1.82, 2.24) is 4.90 Å². The van der Waals surface area contributed by atoms with Gasteiger partial charge in [0.05, 0.1) is 0 Å². The zero-order chi connectivity index (χ0) is 14.4. The number of nitrogens with one attached hydrogen (secondary N) is 1. The van der Waals surface area contributed by atoms with Gasteiger partial charge >= 0.3 is 0 Å². The molecule has 2 aromatic rings. The first-order chi connectivity index (χ1) is 9.63. The largest absolute Gasteiger partial charge is 0.384 e. The molecule has 0 unspecified atom stereocenters. The molecule has 0 amide bonds. The lowest BCUT2D eigenvalue weighted by molar-refractivity contribution is 0.340. The van der Waals surface area contributed by atoms with Crippen LogP contribution in [-0.4, -0.2) is 25.0 Å². The van der Waals surface area contributed by atoms with Crippen LogP contribution < -0.4 is 5.32 Å². The van der Waals surface area contributed by atoms with E-state index >= 15 is 0 Å². The van der Waals surface area contributed by atoms with E-state index in [-0.39, 0.29) is 0 Å². The fourth-order valence-electron chi connectivity index (χ4n) is 2.19. The van der Waals surface area contributed by atoms with Gasteiger partial charge < -0.3 is 10.2 Å². The van der Waals surface area contributed by atoms with Crippen molar-refractivity contribution in [3.05, 3.63) is 64.1 Å². The van der Waals surface area contributed by atoms with Crippen LogP contribution in [0, 0.1) is 6.92 Å². The van der Waals surface area contributed by atoms with E-state index in [4.69, 9.17) is 0 Å². The van der Waals surface area contributed by atoms with Crippen molar-refractivity contribution < 1.29 is 0 Å². The standard InChI is InChI=1S/C17H21BrN2/c1-14-5-3-6-15(11-14)13-20(2)10-9-19-17-8-4-7-16(18)12-17/h3-8,11-12,19H,9-10,13H2,1-2H3. The van der Waals surface area contributed by atoms with Gasteiger partial charge in [0.1, 0.15) is 0 Å². The maximum Gasteiger partial charge on any atom is 0.0351 e. The van der Waals surface area contributed by atoms with Gasteiger partial charge in [-0.1, -0.05) is 51.8 Å². The highest BCUT2D eigenvalue weighted by Gasteiger charge is 2.00. The molecule has 2 rings (SSSR count). The van der Waals surface area contributed by atoms with Crippen LogP contribution >= 0.6 is 15.9 Å². The molecule has 0 aromatic heterocycles. The summed E-state index contributed by atoms with van der Waals surface area (Å²) in [7, 11) is 2.16. The lowest BCUT2D eigenvalue weighted by Gasteiger charge is -2.17. The summed E-state index contributed by atoms with van der Waals surface area (Å²) in [5, 5.41) is 3.44. The lowest BCUT2D eigenvalue weighted by Crippen LogP contribution is -2.24. The molecule has 0 fully saturated rings. The fourth-order valence-corrected chi connectivity index (χ4v) is 2.59. The molecular formula is C17H21BrN2. The molecule has 0 atom stereocenters. The molecule has 0 aliphatic heterocycles. The molecule has 0 aliphatic carbocycles. The summed E-state index contributed by atoms with van der Waals surface area (Å²) in [4.78, 5) is 2.33. The number of anilines is 1. The number of halogens is 1. The molecule has 0 aliphatic rings. The van der Waals surface area contributed by atoms with Crippen molar-refractivity contribution >= 4 is 21.6 Å². The quantitative estimate of drug-likeness (QED) is 0.848. The van der Waals surface area contributed by atoms with Crippen LogP contribution in [0.25, 0.3) is 0 Å². The number of nitrogens with zero attached hydrogens (tertiary/aromatic N) is 1. The van der Waals surface area contributed by atoms with E-state index in [9.17, 15) is 0 Å². The molecule has 2 nitrogen and oxygen atoms in total. The van der Waals surface area contributed by atoms with E-state index in [0.717, 1.165) is 29.8 Å². The van der Waals surface area contributed by atoms with Crippen LogP contribution in [0.5, 0.6) is 0 Å². The molecule has 0 heterocycles. The van der Waals surface area contributed by atoms with Crippen molar-refractivity contribution in [2.45, 2.75) is 13.5 Å². The predicted molar refractivity (Wildman–Crippen MR) is 90.1 cm³/mol. The van der Waals surface area contributed by atoms with E-state index in [1.54, 1.807) is 0 Å². The molecule has 2 aromatic carbocycles. The first kappa shape index (κ1) is 15.1. The Hall–Kier alpha value is -1.32. The van der Waals surface area contributed by atoms with Crippen LogP contribution in [0.15, 0.2) is 53.0 Å². The average molecular weight is 333 g/mol. The Balaban J connectivity index is 1.76. The zero-order valence-corrected chi connectivity index (χ0v) is 13.7. The minimum atomic E-state index is 0.943. The highest BCUT2D eigenvalue weighted by atomic mass is 79.9. The normalized spacial score (nSPS) is 10.8. The summed E-state index contributed by atoms with van der Waals surface area (Å²) < 4.78 is 1.11. The first-order valence-electron chi connectivity index (χ1n) is 6.87. The van der Waals surface area contributed by atoms with Crippen LogP contribution in [0.2, 0.25) is 0 Å². The second-order valence-corrected chi connectivity index (χ2v) is 6.08. The highest BCUT2D eigenvalue weighted by molar-refractivity contribution is 9.10. The van der Waals surface area contributed by atoms with Gasteiger partial charge in [0.25, 0.3) is 0 Å². The van der Waals surface area contributed by atoms with Gasteiger partial charge in [0, 0.05) is 29.8 Å².